The maximum absolute atomic E-state index is 13.4. The van der Waals surface area contributed by atoms with E-state index in [2.05, 4.69) is 20.0 Å². The molecule has 0 amide bonds. The third kappa shape index (κ3) is 3.96. The zero-order valence-corrected chi connectivity index (χ0v) is 16.4. The van der Waals surface area contributed by atoms with Gasteiger partial charge in [-0.1, -0.05) is 36.5 Å². The van der Waals surface area contributed by atoms with Crippen LogP contribution in [-0.2, 0) is 0 Å². The molecule has 1 aliphatic rings. The van der Waals surface area contributed by atoms with E-state index >= 15 is 0 Å². The van der Waals surface area contributed by atoms with Crippen LogP contribution in [0.5, 0.6) is 0 Å². The van der Waals surface area contributed by atoms with E-state index in [-0.39, 0.29) is 17.7 Å². The van der Waals surface area contributed by atoms with E-state index in [1.807, 2.05) is 0 Å². The molecule has 1 fully saturated rings. The molecule has 2 N–H and O–H groups in total. The number of rotatable bonds is 5. The average molecular weight is 414 g/mol. The highest BCUT2D eigenvalue weighted by atomic mass is 32.1. The van der Waals surface area contributed by atoms with Crippen LogP contribution in [0.3, 0.4) is 0 Å². The molecule has 4 rings (SSSR count). The summed E-state index contributed by atoms with van der Waals surface area (Å²) >= 11 is 4.89. The molecule has 0 aliphatic carbocycles. The van der Waals surface area contributed by atoms with Crippen molar-refractivity contribution < 1.29 is 8.78 Å². The van der Waals surface area contributed by atoms with E-state index in [4.69, 9.17) is 18.1 Å². The molecular weight excluding hydrogens is 394 g/mol. The minimum Gasteiger partial charge on any atom is -0.337 e. The smallest absolute Gasteiger partial charge is 0.246 e. The van der Waals surface area contributed by atoms with Crippen molar-refractivity contribution in [2.24, 2.45) is 0 Å². The van der Waals surface area contributed by atoms with Crippen LogP contribution in [0.1, 0.15) is 23.0 Å². The van der Waals surface area contributed by atoms with E-state index in [1.54, 1.807) is 24.3 Å². The first-order valence-electron chi connectivity index (χ1n) is 9.22. The van der Waals surface area contributed by atoms with Crippen LogP contribution < -0.4 is 10.7 Å². The fourth-order valence-corrected chi connectivity index (χ4v) is 3.84. The van der Waals surface area contributed by atoms with Gasteiger partial charge < -0.3 is 10.7 Å². The SMILES string of the molecule is Nn1c(C=S)nnc1N1CCN(C(c2ccc(F)cc2)c2ccc(F)cc2)CC1. The summed E-state index contributed by atoms with van der Waals surface area (Å²) in [5.41, 5.74) is 1.91. The minimum atomic E-state index is -0.284. The van der Waals surface area contributed by atoms with Crippen molar-refractivity contribution in [2.75, 3.05) is 36.9 Å². The number of piperazine rings is 1. The lowest BCUT2D eigenvalue weighted by molar-refractivity contribution is 0.211. The lowest BCUT2D eigenvalue weighted by Gasteiger charge is -2.39. The first kappa shape index (κ1) is 19.4. The van der Waals surface area contributed by atoms with Crippen LogP contribution in [0, 0.1) is 11.6 Å². The topological polar surface area (TPSA) is 63.2 Å². The average Bonchev–Trinajstić information content (AvgIpc) is 3.12. The molecular formula is C20H20F2N6S. The van der Waals surface area contributed by atoms with Crippen molar-refractivity contribution in [3.63, 3.8) is 0 Å². The molecule has 0 saturated carbocycles. The largest absolute Gasteiger partial charge is 0.337 e. The molecule has 0 radical (unpaired) electrons. The number of halogens is 2. The second kappa shape index (κ2) is 8.22. The van der Waals surface area contributed by atoms with Crippen molar-refractivity contribution in [1.29, 1.82) is 0 Å². The van der Waals surface area contributed by atoms with E-state index in [0.29, 0.717) is 24.9 Å². The van der Waals surface area contributed by atoms with Crippen LogP contribution in [0.25, 0.3) is 0 Å². The predicted molar refractivity (Wildman–Crippen MR) is 111 cm³/mol. The standard InChI is InChI=1S/C20H20F2N6S/c21-16-5-1-14(2-6-16)19(15-3-7-17(22)8-4-15)26-9-11-27(12-10-26)20-25-24-18(13-29)28(20)23/h1-8,13,19H,9-12,23H2. The van der Waals surface area contributed by atoms with Gasteiger partial charge in [-0.3, -0.25) is 4.90 Å². The Labute approximate surface area is 172 Å². The third-order valence-corrected chi connectivity index (χ3v) is 5.35. The summed E-state index contributed by atoms with van der Waals surface area (Å²) in [7, 11) is 0. The van der Waals surface area contributed by atoms with Crippen LogP contribution in [0.15, 0.2) is 48.5 Å². The lowest BCUT2D eigenvalue weighted by Crippen LogP contribution is -2.49. The highest BCUT2D eigenvalue weighted by Gasteiger charge is 2.28. The third-order valence-electron chi connectivity index (χ3n) is 5.14. The fraction of sp³-hybridized carbons (Fsp3) is 0.250. The molecule has 3 aromatic rings. The van der Waals surface area contributed by atoms with Gasteiger partial charge in [0, 0.05) is 31.5 Å². The van der Waals surface area contributed by atoms with Crippen molar-refractivity contribution in [3.05, 3.63) is 77.1 Å². The Morgan fingerprint density at radius 2 is 1.38 bits per heavy atom. The summed E-state index contributed by atoms with van der Waals surface area (Å²) in [6.45, 7) is 2.82. The van der Waals surface area contributed by atoms with Crippen LogP contribution in [0.2, 0.25) is 0 Å². The molecule has 0 spiro atoms. The lowest BCUT2D eigenvalue weighted by atomic mass is 9.96. The van der Waals surface area contributed by atoms with Gasteiger partial charge >= 0.3 is 0 Å². The monoisotopic (exact) mass is 414 g/mol. The Balaban J connectivity index is 1.57. The molecule has 1 saturated heterocycles. The Morgan fingerprint density at radius 3 is 1.83 bits per heavy atom. The summed E-state index contributed by atoms with van der Waals surface area (Å²) in [6, 6.07) is 12.8. The van der Waals surface area contributed by atoms with Gasteiger partial charge in [0.25, 0.3) is 0 Å². The number of benzene rings is 2. The van der Waals surface area contributed by atoms with Crippen molar-refractivity contribution >= 4 is 23.5 Å². The molecule has 2 aromatic carbocycles. The molecule has 150 valence electrons. The summed E-state index contributed by atoms with van der Waals surface area (Å²) in [6.07, 6.45) is 0. The Hall–Kier alpha value is -2.91. The highest BCUT2D eigenvalue weighted by molar-refractivity contribution is 7.79. The molecule has 6 nitrogen and oxygen atoms in total. The predicted octanol–water partition coefficient (Wildman–Crippen LogP) is 2.53. The van der Waals surface area contributed by atoms with Gasteiger partial charge in [0.05, 0.1) is 6.04 Å². The Kier molecular flexibility index (Phi) is 5.50. The van der Waals surface area contributed by atoms with Gasteiger partial charge in [0.2, 0.25) is 5.95 Å². The second-order valence-corrected chi connectivity index (χ2v) is 7.11. The first-order chi connectivity index (χ1) is 14.1. The summed E-state index contributed by atoms with van der Waals surface area (Å²) < 4.78 is 28.3. The van der Waals surface area contributed by atoms with Crippen molar-refractivity contribution in [3.8, 4) is 0 Å². The fourth-order valence-electron chi connectivity index (χ4n) is 3.68. The van der Waals surface area contributed by atoms with E-state index in [0.717, 1.165) is 24.2 Å². The zero-order chi connectivity index (χ0) is 20.4. The van der Waals surface area contributed by atoms with Crippen LogP contribution in [0.4, 0.5) is 14.7 Å². The molecule has 0 unspecified atom stereocenters. The number of nitrogens with two attached hydrogens (primary N) is 1. The van der Waals surface area contributed by atoms with Gasteiger partial charge in [-0.2, -0.15) is 0 Å². The van der Waals surface area contributed by atoms with Gasteiger partial charge in [-0.05, 0) is 35.4 Å². The van der Waals surface area contributed by atoms with Crippen molar-refractivity contribution in [2.45, 2.75) is 6.04 Å². The normalized spacial score (nSPS) is 15.1. The highest BCUT2D eigenvalue weighted by Crippen LogP contribution is 2.30. The molecule has 0 bridgehead atoms. The molecule has 2 heterocycles. The number of thiocarbonyl (C=S) groups is 1. The number of aromatic nitrogens is 3. The van der Waals surface area contributed by atoms with Crippen LogP contribution >= 0.6 is 12.2 Å². The maximum atomic E-state index is 13.4. The van der Waals surface area contributed by atoms with Crippen molar-refractivity contribution in [1.82, 2.24) is 19.8 Å². The van der Waals surface area contributed by atoms with Gasteiger partial charge in [0.15, 0.2) is 5.82 Å². The molecule has 29 heavy (non-hydrogen) atoms. The number of nitrogens with zero attached hydrogens (tertiary/aromatic N) is 5. The number of anilines is 1. The summed E-state index contributed by atoms with van der Waals surface area (Å²) in [4.78, 5) is 4.34. The Morgan fingerprint density at radius 1 is 0.862 bits per heavy atom. The van der Waals surface area contributed by atoms with Gasteiger partial charge in [0.1, 0.15) is 11.6 Å². The molecule has 9 heteroatoms. The van der Waals surface area contributed by atoms with E-state index < -0.39 is 0 Å². The molecule has 1 aromatic heterocycles. The summed E-state index contributed by atoms with van der Waals surface area (Å²) in [5.74, 6) is 6.46. The van der Waals surface area contributed by atoms with E-state index in [9.17, 15) is 8.78 Å². The van der Waals surface area contributed by atoms with Gasteiger partial charge in [-0.15, -0.1) is 10.2 Å². The van der Waals surface area contributed by atoms with Gasteiger partial charge in [-0.25, -0.2) is 13.5 Å². The summed E-state index contributed by atoms with van der Waals surface area (Å²) in [5, 5.41) is 9.50. The minimum absolute atomic E-state index is 0.106. The number of nitrogen functional groups attached to an aromatic ring is 1. The molecule has 1 aliphatic heterocycles. The number of hydrogen-bond acceptors (Lipinski definition) is 6. The van der Waals surface area contributed by atoms with Crippen LogP contribution in [-0.4, -0.2) is 51.3 Å². The molecule has 0 atom stereocenters. The quantitative estimate of drug-likeness (QED) is 0.511. The Bertz CT molecular complexity index is 936. The maximum Gasteiger partial charge on any atom is 0.246 e. The number of hydrogen-bond donors (Lipinski definition) is 1. The zero-order valence-electron chi connectivity index (χ0n) is 15.6. The van der Waals surface area contributed by atoms with E-state index in [1.165, 1.54) is 34.3 Å². The first-order valence-corrected chi connectivity index (χ1v) is 9.69. The second-order valence-electron chi connectivity index (χ2n) is 6.87.